The molecule has 0 atom stereocenters. The predicted molar refractivity (Wildman–Crippen MR) is 114 cm³/mol. The van der Waals surface area contributed by atoms with E-state index >= 15 is 0 Å². The van der Waals surface area contributed by atoms with Crippen LogP contribution in [-0.4, -0.2) is 44.2 Å². The fourth-order valence-corrected chi connectivity index (χ4v) is 3.50. The van der Waals surface area contributed by atoms with E-state index in [4.69, 9.17) is 0 Å². The first-order valence-electron chi connectivity index (χ1n) is 9.83. The van der Waals surface area contributed by atoms with Crippen LogP contribution in [0.15, 0.2) is 42.5 Å². The average Bonchev–Trinajstić information content (AvgIpc) is 2.69. The van der Waals surface area contributed by atoms with E-state index in [1.807, 2.05) is 12.1 Å². The normalized spacial score (nSPS) is 14.9. The number of likely N-dealkylation sites (N-methyl/N-ethyl adjacent to an activating group) is 1. The van der Waals surface area contributed by atoms with Crippen LogP contribution in [0.1, 0.15) is 25.0 Å². The molecule has 2 aromatic rings. The molecule has 0 radical (unpaired) electrons. The minimum absolute atomic E-state index is 0.196. The van der Waals surface area contributed by atoms with Crippen molar-refractivity contribution in [3.05, 3.63) is 53.6 Å². The van der Waals surface area contributed by atoms with E-state index in [9.17, 15) is 4.79 Å². The lowest BCUT2D eigenvalue weighted by atomic mass is 10.0. The Kier molecular flexibility index (Phi) is 6.35. The lowest BCUT2D eigenvalue weighted by Gasteiger charge is -2.34. The number of nitrogens with one attached hydrogen (secondary N) is 2. The number of benzene rings is 2. The van der Waals surface area contributed by atoms with Gasteiger partial charge in [0.1, 0.15) is 0 Å². The summed E-state index contributed by atoms with van der Waals surface area (Å²) in [4.78, 5) is 17.2. The number of nitrogens with zero attached hydrogens (tertiary/aromatic N) is 2. The minimum atomic E-state index is -0.196. The van der Waals surface area contributed by atoms with Crippen LogP contribution in [-0.2, 0) is 12.8 Å². The van der Waals surface area contributed by atoms with Crippen molar-refractivity contribution in [2.45, 2.75) is 26.7 Å². The van der Waals surface area contributed by atoms with Gasteiger partial charge >= 0.3 is 6.03 Å². The van der Waals surface area contributed by atoms with Gasteiger partial charge in [0, 0.05) is 43.2 Å². The summed E-state index contributed by atoms with van der Waals surface area (Å²) in [6.07, 6.45) is 1.78. The van der Waals surface area contributed by atoms with Crippen LogP contribution in [0.3, 0.4) is 0 Å². The summed E-state index contributed by atoms with van der Waals surface area (Å²) in [5, 5.41) is 6.00. The molecule has 0 bridgehead atoms. The largest absolute Gasteiger partial charge is 0.369 e. The van der Waals surface area contributed by atoms with E-state index in [0.717, 1.165) is 61.5 Å². The fourth-order valence-electron chi connectivity index (χ4n) is 3.50. The second kappa shape index (κ2) is 8.91. The summed E-state index contributed by atoms with van der Waals surface area (Å²) < 4.78 is 0. The molecule has 5 nitrogen and oxygen atoms in total. The van der Waals surface area contributed by atoms with E-state index in [0.29, 0.717) is 0 Å². The highest BCUT2D eigenvalue weighted by Gasteiger charge is 2.14. The zero-order valence-electron chi connectivity index (χ0n) is 16.6. The quantitative estimate of drug-likeness (QED) is 0.833. The first kappa shape index (κ1) is 19.2. The van der Waals surface area contributed by atoms with Gasteiger partial charge in [0.25, 0.3) is 0 Å². The molecule has 1 saturated heterocycles. The number of hydrogen-bond acceptors (Lipinski definition) is 3. The Morgan fingerprint density at radius 3 is 2.04 bits per heavy atom. The summed E-state index contributed by atoms with van der Waals surface area (Å²) in [6.45, 7) is 8.45. The molecule has 0 spiro atoms. The summed E-state index contributed by atoms with van der Waals surface area (Å²) in [6, 6.07) is 14.1. The van der Waals surface area contributed by atoms with E-state index in [1.165, 1.54) is 5.69 Å². The van der Waals surface area contributed by atoms with Gasteiger partial charge in [-0.1, -0.05) is 32.0 Å². The summed E-state index contributed by atoms with van der Waals surface area (Å²) >= 11 is 0. The Bertz CT molecular complexity index is 742. The Morgan fingerprint density at radius 2 is 1.48 bits per heavy atom. The van der Waals surface area contributed by atoms with Crippen molar-refractivity contribution in [1.29, 1.82) is 0 Å². The number of amides is 2. The molecular weight excluding hydrogens is 336 g/mol. The van der Waals surface area contributed by atoms with Crippen molar-refractivity contribution in [2.24, 2.45) is 0 Å². The summed E-state index contributed by atoms with van der Waals surface area (Å²) in [5.41, 5.74) is 5.27. The van der Waals surface area contributed by atoms with Crippen molar-refractivity contribution in [3.63, 3.8) is 0 Å². The van der Waals surface area contributed by atoms with Gasteiger partial charge in [0.15, 0.2) is 0 Å². The second-order valence-electron chi connectivity index (χ2n) is 7.07. The maximum Gasteiger partial charge on any atom is 0.323 e. The molecule has 1 fully saturated rings. The van der Waals surface area contributed by atoms with Crippen LogP contribution in [0.2, 0.25) is 0 Å². The maximum atomic E-state index is 12.5. The Balaban J connectivity index is 1.63. The van der Waals surface area contributed by atoms with E-state index < -0.39 is 0 Å². The van der Waals surface area contributed by atoms with E-state index in [1.54, 1.807) is 0 Å². The summed E-state index contributed by atoms with van der Waals surface area (Å²) in [7, 11) is 2.16. The van der Waals surface area contributed by atoms with Gasteiger partial charge in [0.2, 0.25) is 0 Å². The molecule has 27 heavy (non-hydrogen) atoms. The molecule has 2 N–H and O–H groups in total. The molecule has 0 aromatic heterocycles. The Morgan fingerprint density at radius 1 is 0.889 bits per heavy atom. The van der Waals surface area contributed by atoms with Gasteiger partial charge in [-0.2, -0.15) is 0 Å². The van der Waals surface area contributed by atoms with Crippen molar-refractivity contribution in [1.82, 2.24) is 4.90 Å². The van der Waals surface area contributed by atoms with Crippen LogP contribution in [0, 0.1) is 0 Å². The second-order valence-corrected chi connectivity index (χ2v) is 7.07. The third-order valence-electron chi connectivity index (χ3n) is 5.23. The van der Waals surface area contributed by atoms with Gasteiger partial charge < -0.3 is 20.4 Å². The Labute approximate surface area is 162 Å². The number of piperazine rings is 1. The Hall–Kier alpha value is -2.53. The van der Waals surface area contributed by atoms with Crippen LogP contribution in [0.5, 0.6) is 0 Å². The average molecular weight is 367 g/mol. The van der Waals surface area contributed by atoms with E-state index in [-0.39, 0.29) is 6.03 Å². The topological polar surface area (TPSA) is 47.6 Å². The number of carbonyl (C=O) groups is 1. The highest BCUT2D eigenvalue weighted by molar-refractivity contribution is 6.00. The minimum Gasteiger partial charge on any atom is -0.369 e. The highest BCUT2D eigenvalue weighted by atomic mass is 16.2. The number of rotatable bonds is 5. The van der Waals surface area contributed by atoms with Gasteiger partial charge in [-0.3, -0.25) is 0 Å². The molecule has 5 heteroatoms. The number of para-hydroxylation sites is 1. The molecule has 3 rings (SSSR count). The molecule has 0 aliphatic carbocycles. The molecular formula is C22H30N4O. The van der Waals surface area contributed by atoms with Crippen LogP contribution >= 0.6 is 0 Å². The first-order valence-corrected chi connectivity index (χ1v) is 9.83. The SMILES string of the molecule is CCc1cccc(CC)c1NC(=O)Nc1ccc(N2CCN(C)CC2)cc1. The van der Waals surface area contributed by atoms with Crippen LogP contribution in [0.4, 0.5) is 21.9 Å². The molecule has 1 aliphatic rings. The lowest BCUT2D eigenvalue weighted by Crippen LogP contribution is -2.44. The standard InChI is InChI=1S/C22H30N4O/c1-4-17-7-6-8-18(5-2)21(17)24-22(27)23-19-9-11-20(12-10-19)26-15-13-25(3)14-16-26/h6-12H,4-5,13-16H2,1-3H3,(H2,23,24,27). The smallest absolute Gasteiger partial charge is 0.323 e. The van der Waals surface area contributed by atoms with Gasteiger partial charge in [-0.25, -0.2) is 4.79 Å². The molecule has 144 valence electrons. The van der Waals surface area contributed by atoms with Crippen molar-refractivity contribution in [2.75, 3.05) is 48.8 Å². The molecule has 2 aromatic carbocycles. The van der Waals surface area contributed by atoms with Crippen molar-refractivity contribution >= 4 is 23.1 Å². The number of hydrogen-bond donors (Lipinski definition) is 2. The third kappa shape index (κ3) is 4.80. The maximum absolute atomic E-state index is 12.5. The number of carbonyl (C=O) groups excluding carboxylic acids is 1. The van der Waals surface area contributed by atoms with Gasteiger partial charge in [-0.05, 0) is 55.3 Å². The van der Waals surface area contributed by atoms with Crippen LogP contribution < -0.4 is 15.5 Å². The number of urea groups is 1. The molecule has 0 unspecified atom stereocenters. The monoisotopic (exact) mass is 366 g/mol. The zero-order valence-corrected chi connectivity index (χ0v) is 16.6. The summed E-state index contributed by atoms with van der Waals surface area (Å²) in [5.74, 6) is 0. The zero-order chi connectivity index (χ0) is 19.2. The van der Waals surface area contributed by atoms with Crippen molar-refractivity contribution in [3.8, 4) is 0 Å². The number of anilines is 3. The molecule has 1 heterocycles. The van der Waals surface area contributed by atoms with Gasteiger partial charge in [-0.15, -0.1) is 0 Å². The van der Waals surface area contributed by atoms with Gasteiger partial charge in [0.05, 0.1) is 0 Å². The first-order chi connectivity index (χ1) is 13.1. The highest BCUT2D eigenvalue weighted by Crippen LogP contribution is 2.23. The molecule has 2 amide bonds. The lowest BCUT2D eigenvalue weighted by molar-refractivity contribution is 0.262. The fraction of sp³-hybridized carbons (Fsp3) is 0.409. The van der Waals surface area contributed by atoms with Crippen LogP contribution in [0.25, 0.3) is 0 Å². The van der Waals surface area contributed by atoms with Crippen molar-refractivity contribution < 1.29 is 4.79 Å². The third-order valence-corrected chi connectivity index (χ3v) is 5.23. The number of aryl methyl sites for hydroxylation is 2. The predicted octanol–water partition coefficient (Wildman–Crippen LogP) is 4.21. The molecule has 1 aliphatic heterocycles. The molecule has 0 saturated carbocycles. The van der Waals surface area contributed by atoms with E-state index in [2.05, 4.69) is 71.7 Å².